The zero-order valence-corrected chi connectivity index (χ0v) is 16.7. The van der Waals surface area contributed by atoms with Gasteiger partial charge in [0.2, 0.25) is 0 Å². The zero-order chi connectivity index (χ0) is 20.1. The van der Waals surface area contributed by atoms with Gasteiger partial charge in [-0.1, -0.05) is 17.7 Å². The second kappa shape index (κ2) is 9.00. The van der Waals surface area contributed by atoms with Gasteiger partial charge in [-0.15, -0.1) is 0 Å². The first-order valence-electron chi connectivity index (χ1n) is 9.32. The third kappa shape index (κ3) is 5.08. The quantitative estimate of drug-likeness (QED) is 0.729. The van der Waals surface area contributed by atoms with Gasteiger partial charge in [0.15, 0.2) is 0 Å². The van der Waals surface area contributed by atoms with Crippen LogP contribution in [0, 0.1) is 12.7 Å². The lowest BCUT2D eigenvalue weighted by Gasteiger charge is -2.32. The first-order valence-corrected chi connectivity index (χ1v) is 10.8. The second-order valence-corrected chi connectivity index (χ2v) is 8.89. The number of β-amino-alcohol motifs (C(OH)–C–C–N with tert-alkyl or cyclic N) is 1. The standard InChI is InChI=1S/C20H26FN3O3S/c1-16-2-8-20(9-3-16)28(26,27)24(18-6-4-17(21)5-7-18)15-19(25)14-23-12-10-22-11-13-23/h2-9,19,22,25H,10-15H2,1H3. The van der Waals surface area contributed by atoms with E-state index >= 15 is 0 Å². The van der Waals surface area contributed by atoms with Crippen LogP contribution in [-0.4, -0.2) is 63.8 Å². The molecule has 1 saturated heterocycles. The number of sulfonamides is 1. The minimum atomic E-state index is -3.90. The number of hydrogen-bond donors (Lipinski definition) is 2. The summed E-state index contributed by atoms with van der Waals surface area (Å²) in [6.07, 6.45) is -0.872. The molecular formula is C20H26FN3O3S. The topological polar surface area (TPSA) is 72.9 Å². The molecule has 0 bridgehead atoms. The third-order valence-corrected chi connectivity index (χ3v) is 6.59. The average molecular weight is 408 g/mol. The van der Waals surface area contributed by atoms with E-state index in [0.29, 0.717) is 12.2 Å². The van der Waals surface area contributed by atoms with E-state index in [1.807, 2.05) is 6.92 Å². The van der Waals surface area contributed by atoms with Crippen molar-refractivity contribution in [3.8, 4) is 0 Å². The van der Waals surface area contributed by atoms with E-state index < -0.39 is 21.9 Å². The van der Waals surface area contributed by atoms with Crippen LogP contribution in [0.4, 0.5) is 10.1 Å². The van der Waals surface area contributed by atoms with E-state index in [-0.39, 0.29) is 11.4 Å². The Bertz CT molecular complexity index is 867. The highest BCUT2D eigenvalue weighted by Crippen LogP contribution is 2.25. The summed E-state index contributed by atoms with van der Waals surface area (Å²) in [5.74, 6) is -0.446. The number of rotatable bonds is 7. The van der Waals surface area contributed by atoms with Gasteiger partial charge in [0.25, 0.3) is 10.0 Å². The monoisotopic (exact) mass is 407 g/mol. The molecule has 0 aliphatic carbocycles. The van der Waals surface area contributed by atoms with Gasteiger partial charge >= 0.3 is 0 Å². The van der Waals surface area contributed by atoms with Crippen molar-refractivity contribution in [2.24, 2.45) is 0 Å². The summed E-state index contributed by atoms with van der Waals surface area (Å²) >= 11 is 0. The van der Waals surface area contributed by atoms with Crippen LogP contribution in [0.3, 0.4) is 0 Å². The molecule has 0 aromatic heterocycles. The molecule has 2 aromatic carbocycles. The number of nitrogens with one attached hydrogen (secondary N) is 1. The van der Waals surface area contributed by atoms with E-state index in [0.717, 1.165) is 36.0 Å². The zero-order valence-electron chi connectivity index (χ0n) is 15.9. The van der Waals surface area contributed by atoms with Gasteiger partial charge < -0.3 is 10.4 Å². The van der Waals surface area contributed by atoms with Crippen molar-refractivity contribution < 1.29 is 17.9 Å². The smallest absolute Gasteiger partial charge is 0.264 e. The van der Waals surface area contributed by atoms with Crippen LogP contribution in [0.25, 0.3) is 0 Å². The fourth-order valence-corrected chi connectivity index (χ4v) is 4.73. The van der Waals surface area contributed by atoms with Gasteiger partial charge in [0, 0.05) is 32.7 Å². The Hall–Kier alpha value is -2.00. The lowest BCUT2D eigenvalue weighted by molar-refractivity contribution is 0.111. The molecule has 8 heteroatoms. The van der Waals surface area contributed by atoms with E-state index in [9.17, 15) is 17.9 Å². The summed E-state index contributed by atoms with van der Waals surface area (Å²) in [6.45, 7) is 5.45. The summed E-state index contributed by atoms with van der Waals surface area (Å²) in [6, 6.07) is 11.8. The lowest BCUT2D eigenvalue weighted by Crippen LogP contribution is -2.49. The number of aliphatic hydroxyl groups is 1. The number of halogens is 1. The maximum atomic E-state index is 13.4. The van der Waals surface area contributed by atoms with E-state index in [1.54, 1.807) is 24.3 Å². The molecular weight excluding hydrogens is 381 g/mol. The van der Waals surface area contributed by atoms with Gasteiger partial charge in [0.05, 0.1) is 23.2 Å². The Balaban J connectivity index is 1.86. The molecule has 0 saturated carbocycles. The molecule has 3 rings (SSSR count). The summed E-state index contributed by atoms with van der Waals surface area (Å²) in [7, 11) is -3.90. The Morgan fingerprint density at radius 3 is 2.32 bits per heavy atom. The molecule has 1 fully saturated rings. The fraction of sp³-hybridized carbons (Fsp3) is 0.400. The molecule has 1 aliphatic rings. The molecule has 1 heterocycles. The molecule has 6 nitrogen and oxygen atoms in total. The van der Waals surface area contributed by atoms with Gasteiger partial charge in [-0.3, -0.25) is 9.21 Å². The Labute approximate surface area is 165 Å². The molecule has 2 N–H and O–H groups in total. The predicted octanol–water partition coefficient (Wildman–Crippen LogP) is 1.60. The highest BCUT2D eigenvalue weighted by Gasteiger charge is 2.28. The van der Waals surface area contributed by atoms with E-state index in [4.69, 9.17) is 0 Å². The minimum absolute atomic E-state index is 0.105. The van der Waals surface area contributed by atoms with Crippen LogP contribution in [0.5, 0.6) is 0 Å². The van der Waals surface area contributed by atoms with Crippen LogP contribution in [0.15, 0.2) is 53.4 Å². The Morgan fingerprint density at radius 2 is 1.71 bits per heavy atom. The number of aryl methyl sites for hydroxylation is 1. The fourth-order valence-electron chi connectivity index (χ4n) is 3.23. The highest BCUT2D eigenvalue weighted by molar-refractivity contribution is 7.92. The molecule has 0 spiro atoms. The van der Waals surface area contributed by atoms with E-state index in [2.05, 4.69) is 10.2 Å². The normalized spacial score (nSPS) is 16.7. The largest absolute Gasteiger partial charge is 0.390 e. The maximum absolute atomic E-state index is 13.4. The predicted molar refractivity (Wildman–Crippen MR) is 107 cm³/mol. The molecule has 2 aromatic rings. The minimum Gasteiger partial charge on any atom is -0.390 e. The molecule has 0 radical (unpaired) electrons. The summed E-state index contributed by atoms with van der Waals surface area (Å²) < 4.78 is 41.0. The van der Waals surface area contributed by atoms with Crippen molar-refractivity contribution in [2.45, 2.75) is 17.9 Å². The number of benzene rings is 2. The van der Waals surface area contributed by atoms with Crippen molar-refractivity contribution in [1.29, 1.82) is 0 Å². The van der Waals surface area contributed by atoms with Crippen LogP contribution in [0.2, 0.25) is 0 Å². The average Bonchev–Trinajstić information content (AvgIpc) is 2.68. The number of nitrogens with zero attached hydrogens (tertiary/aromatic N) is 2. The molecule has 1 aliphatic heterocycles. The van der Waals surface area contributed by atoms with Crippen molar-refractivity contribution in [1.82, 2.24) is 10.2 Å². The van der Waals surface area contributed by atoms with Crippen molar-refractivity contribution in [2.75, 3.05) is 43.6 Å². The van der Waals surface area contributed by atoms with Crippen LogP contribution < -0.4 is 9.62 Å². The lowest BCUT2D eigenvalue weighted by atomic mass is 10.2. The van der Waals surface area contributed by atoms with E-state index in [1.165, 1.54) is 24.3 Å². The molecule has 28 heavy (non-hydrogen) atoms. The Morgan fingerprint density at radius 1 is 1.11 bits per heavy atom. The summed E-state index contributed by atoms with van der Waals surface area (Å²) in [5, 5.41) is 13.8. The summed E-state index contributed by atoms with van der Waals surface area (Å²) in [4.78, 5) is 2.24. The van der Waals surface area contributed by atoms with Gasteiger partial charge in [-0.25, -0.2) is 12.8 Å². The molecule has 1 unspecified atom stereocenters. The van der Waals surface area contributed by atoms with Crippen LogP contribution in [0.1, 0.15) is 5.56 Å². The maximum Gasteiger partial charge on any atom is 0.264 e. The van der Waals surface area contributed by atoms with Crippen LogP contribution in [-0.2, 0) is 10.0 Å². The van der Waals surface area contributed by atoms with Crippen LogP contribution >= 0.6 is 0 Å². The highest BCUT2D eigenvalue weighted by atomic mass is 32.2. The number of anilines is 1. The van der Waals surface area contributed by atoms with Gasteiger partial charge in [0.1, 0.15) is 5.82 Å². The Kier molecular flexibility index (Phi) is 6.66. The van der Waals surface area contributed by atoms with Gasteiger partial charge in [-0.2, -0.15) is 0 Å². The molecule has 152 valence electrons. The SMILES string of the molecule is Cc1ccc(S(=O)(=O)N(CC(O)CN2CCNCC2)c2ccc(F)cc2)cc1. The molecule has 1 atom stereocenters. The third-order valence-electron chi connectivity index (χ3n) is 4.78. The van der Waals surface area contributed by atoms with Crippen molar-refractivity contribution in [3.05, 3.63) is 59.9 Å². The number of piperazine rings is 1. The summed E-state index contributed by atoms with van der Waals surface area (Å²) in [5.41, 5.74) is 1.27. The van der Waals surface area contributed by atoms with Gasteiger partial charge in [-0.05, 0) is 43.3 Å². The first kappa shape index (κ1) is 20.7. The first-order chi connectivity index (χ1) is 13.4. The number of aliphatic hydroxyl groups excluding tert-OH is 1. The van der Waals surface area contributed by atoms with Crippen molar-refractivity contribution >= 4 is 15.7 Å². The number of hydrogen-bond acceptors (Lipinski definition) is 5. The molecule has 0 amide bonds. The second-order valence-electron chi connectivity index (χ2n) is 7.03. The van der Waals surface area contributed by atoms with Crippen molar-refractivity contribution in [3.63, 3.8) is 0 Å².